The lowest BCUT2D eigenvalue weighted by Crippen LogP contribution is -2.42. The summed E-state index contributed by atoms with van der Waals surface area (Å²) < 4.78 is 31.3. The molecule has 1 aliphatic heterocycles. The number of methoxy groups -OCH3 is 1. The third-order valence-corrected chi connectivity index (χ3v) is 5.79. The Morgan fingerprint density at radius 3 is 2.79 bits per heavy atom. The second-order valence-electron chi connectivity index (χ2n) is 5.72. The molecule has 19 heavy (non-hydrogen) atoms. The molecule has 0 aromatic rings. The van der Waals surface area contributed by atoms with Gasteiger partial charge in [-0.25, -0.2) is 12.7 Å². The van der Waals surface area contributed by atoms with Crippen LogP contribution >= 0.6 is 0 Å². The third-order valence-electron chi connectivity index (χ3n) is 3.87. The van der Waals surface area contributed by atoms with Crippen molar-refractivity contribution in [3.8, 4) is 0 Å². The quantitative estimate of drug-likeness (QED) is 0.672. The fraction of sp³-hybridized carbons (Fsp3) is 1.00. The third kappa shape index (κ3) is 5.02. The fourth-order valence-corrected chi connectivity index (χ4v) is 4.24. The first-order chi connectivity index (χ1) is 9.12. The number of nitrogens with zero attached hydrogens (tertiary/aromatic N) is 1. The van der Waals surface area contributed by atoms with Crippen molar-refractivity contribution < 1.29 is 13.2 Å². The minimum Gasteiger partial charge on any atom is -0.384 e. The maximum Gasteiger partial charge on any atom is 0.214 e. The maximum atomic E-state index is 12.3. The van der Waals surface area contributed by atoms with Crippen LogP contribution in [0.4, 0.5) is 0 Å². The minimum atomic E-state index is -3.07. The van der Waals surface area contributed by atoms with Gasteiger partial charge in [0.2, 0.25) is 10.0 Å². The molecule has 0 spiro atoms. The van der Waals surface area contributed by atoms with E-state index in [0.29, 0.717) is 38.1 Å². The lowest BCUT2D eigenvalue weighted by molar-refractivity contribution is 0.118. The summed E-state index contributed by atoms with van der Waals surface area (Å²) in [4.78, 5) is 0. The van der Waals surface area contributed by atoms with Gasteiger partial charge >= 0.3 is 0 Å². The van der Waals surface area contributed by atoms with Gasteiger partial charge in [0.25, 0.3) is 0 Å². The second kappa shape index (κ2) is 7.02. The predicted octanol–water partition coefficient (Wildman–Crippen LogP) is 0.817. The van der Waals surface area contributed by atoms with Gasteiger partial charge in [0.1, 0.15) is 0 Å². The van der Waals surface area contributed by atoms with E-state index in [1.54, 1.807) is 11.4 Å². The van der Waals surface area contributed by atoms with Gasteiger partial charge in [-0.2, -0.15) is 0 Å². The van der Waals surface area contributed by atoms with E-state index in [1.165, 1.54) is 12.8 Å². The molecule has 6 heteroatoms. The number of hydrogen-bond acceptors (Lipinski definition) is 4. The van der Waals surface area contributed by atoms with Gasteiger partial charge in [-0.05, 0) is 44.6 Å². The lowest BCUT2D eigenvalue weighted by Gasteiger charge is -2.31. The van der Waals surface area contributed by atoms with E-state index in [0.717, 1.165) is 19.4 Å². The number of hydrogen-bond donors (Lipinski definition) is 1. The van der Waals surface area contributed by atoms with Crippen LogP contribution in [0, 0.1) is 5.92 Å². The number of nitrogens with one attached hydrogen (secondary N) is 1. The first kappa shape index (κ1) is 15.2. The fourth-order valence-electron chi connectivity index (χ4n) is 2.63. The normalized spacial score (nSPS) is 25.6. The maximum absolute atomic E-state index is 12.3. The Morgan fingerprint density at radius 2 is 2.11 bits per heavy atom. The summed E-state index contributed by atoms with van der Waals surface area (Å²) in [5.74, 6) is 0.630. The number of piperidine rings is 1. The summed E-state index contributed by atoms with van der Waals surface area (Å²) in [5.41, 5.74) is 0. The molecular formula is C13H26N2O3S. The summed E-state index contributed by atoms with van der Waals surface area (Å²) in [6, 6.07) is 0.656. The van der Waals surface area contributed by atoms with Crippen molar-refractivity contribution in [1.82, 2.24) is 9.62 Å². The predicted molar refractivity (Wildman–Crippen MR) is 75.6 cm³/mol. The molecule has 1 atom stereocenters. The highest BCUT2D eigenvalue weighted by molar-refractivity contribution is 7.89. The Hall–Kier alpha value is -0.170. The molecule has 1 unspecified atom stereocenters. The average molecular weight is 290 g/mol. The van der Waals surface area contributed by atoms with Gasteiger partial charge in [0, 0.05) is 26.2 Å². The van der Waals surface area contributed by atoms with Crippen molar-refractivity contribution in [2.45, 2.75) is 38.1 Å². The Bertz CT molecular complexity index is 366. The van der Waals surface area contributed by atoms with E-state index in [-0.39, 0.29) is 5.75 Å². The van der Waals surface area contributed by atoms with E-state index in [1.807, 2.05) is 0 Å². The Balaban J connectivity index is 1.73. The highest BCUT2D eigenvalue weighted by atomic mass is 32.2. The van der Waals surface area contributed by atoms with Gasteiger partial charge in [-0.3, -0.25) is 0 Å². The molecule has 2 aliphatic rings. The zero-order chi connectivity index (χ0) is 13.7. The molecule has 1 saturated heterocycles. The molecule has 0 aromatic carbocycles. The summed E-state index contributed by atoms with van der Waals surface area (Å²) in [6.45, 7) is 2.79. The smallest absolute Gasteiger partial charge is 0.214 e. The standard InChI is InChI=1S/C13H26N2O3S/c1-18-11-12-4-2-8-15(10-12)19(16,17)9-3-7-14-13-5-6-13/h12-14H,2-11H2,1H3. The van der Waals surface area contributed by atoms with Gasteiger partial charge < -0.3 is 10.1 Å². The molecular weight excluding hydrogens is 264 g/mol. The molecule has 2 rings (SSSR count). The molecule has 112 valence electrons. The van der Waals surface area contributed by atoms with Crippen LogP contribution in [0.5, 0.6) is 0 Å². The van der Waals surface area contributed by atoms with Gasteiger partial charge in [0.15, 0.2) is 0 Å². The van der Waals surface area contributed by atoms with Crippen LogP contribution in [0.15, 0.2) is 0 Å². The number of ether oxygens (including phenoxy) is 1. The SMILES string of the molecule is COCC1CCCN(S(=O)(=O)CCCNC2CC2)C1. The molecule has 2 fully saturated rings. The molecule has 0 bridgehead atoms. The van der Waals surface area contributed by atoms with Gasteiger partial charge in [-0.1, -0.05) is 0 Å². The van der Waals surface area contributed by atoms with Crippen molar-refractivity contribution in [3.63, 3.8) is 0 Å². The van der Waals surface area contributed by atoms with Crippen molar-refractivity contribution >= 4 is 10.0 Å². The summed E-state index contributed by atoms with van der Waals surface area (Å²) in [6.07, 6.45) is 5.23. The first-order valence-electron chi connectivity index (χ1n) is 7.32. The zero-order valence-electron chi connectivity index (χ0n) is 11.8. The van der Waals surface area contributed by atoms with Gasteiger partial charge in [-0.15, -0.1) is 0 Å². The van der Waals surface area contributed by atoms with Crippen LogP contribution in [0.2, 0.25) is 0 Å². The lowest BCUT2D eigenvalue weighted by atomic mass is 10.0. The van der Waals surface area contributed by atoms with Crippen molar-refractivity contribution in [2.75, 3.05) is 39.1 Å². The highest BCUT2D eigenvalue weighted by Crippen LogP contribution is 2.20. The summed E-state index contributed by atoms with van der Waals surface area (Å²) >= 11 is 0. The monoisotopic (exact) mass is 290 g/mol. The van der Waals surface area contributed by atoms with Crippen molar-refractivity contribution in [1.29, 1.82) is 0 Å². The van der Waals surface area contributed by atoms with E-state index in [9.17, 15) is 8.42 Å². The first-order valence-corrected chi connectivity index (χ1v) is 8.93. The molecule has 5 nitrogen and oxygen atoms in total. The molecule has 1 N–H and O–H groups in total. The summed E-state index contributed by atoms with van der Waals surface area (Å²) in [7, 11) is -1.40. The van der Waals surface area contributed by atoms with Crippen LogP contribution in [0.3, 0.4) is 0 Å². The van der Waals surface area contributed by atoms with Crippen LogP contribution in [0.1, 0.15) is 32.1 Å². The van der Waals surface area contributed by atoms with E-state index >= 15 is 0 Å². The highest BCUT2D eigenvalue weighted by Gasteiger charge is 2.28. The number of sulfonamides is 1. The molecule has 1 saturated carbocycles. The van der Waals surface area contributed by atoms with Crippen molar-refractivity contribution in [2.24, 2.45) is 5.92 Å². The van der Waals surface area contributed by atoms with Crippen LogP contribution in [0.25, 0.3) is 0 Å². The Labute approximate surface area is 116 Å². The topological polar surface area (TPSA) is 58.6 Å². The van der Waals surface area contributed by atoms with Gasteiger partial charge in [0.05, 0.1) is 12.4 Å². The van der Waals surface area contributed by atoms with Crippen LogP contribution < -0.4 is 5.32 Å². The van der Waals surface area contributed by atoms with E-state index < -0.39 is 10.0 Å². The number of rotatable bonds is 8. The zero-order valence-corrected chi connectivity index (χ0v) is 12.6. The van der Waals surface area contributed by atoms with E-state index in [4.69, 9.17) is 4.74 Å². The molecule has 1 aliphatic carbocycles. The minimum absolute atomic E-state index is 0.270. The molecule has 0 amide bonds. The molecule has 0 aromatic heterocycles. The average Bonchev–Trinajstić information content (AvgIpc) is 3.20. The van der Waals surface area contributed by atoms with E-state index in [2.05, 4.69) is 5.32 Å². The summed E-state index contributed by atoms with van der Waals surface area (Å²) in [5, 5.41) is 3.36. The Kier molecular flexibility index (Phi) is 5.62. The van der Waals surface area contributed by atoms with Crippen molar-refractivity contribution in [3.05, 3.63) is 0 Å². The van der Waals surface area contributed by atoms with Crippen LogP contribution in [-0.4, -0.2) is 57.9 Å². The second-order valence-corrected chi connectivity index (χ2v) is 7.81. The molecule has 0 radical (unpaired) electrons. The molecule has 1 heterocycles. The Morgan fingerprint density at radius 1 is 1.32 bits per heavy atom. The largest absolute Gasteiger partial charge is 0.384 e. The van der Waals surface area contributed by atoms with Crippen LogP contribution in [-0.2, 0) is 14.8 Å².